The number of benzene rings is 2. The zero-order chi connectivity index (χ0) is 16.0. The second-order valence-electron chi connectivity index (χ2n) is 6.22. The summed E-state index contributed by atoms with van der Waals surface area (Å²) in [6.07, 6.45) is 0. The van der Waals surface area contributed by atoms with Crippen LogP contribution in [0.3, 0.4) is 0 Å². The van der Waals surface area contributed by atoms with Crippen LogP contribution in [0.4, 0.5) is 0 Å². The predicted octanol–water partition coefficient (Wildman–Crippen LogP) is 4.42. The van der Waals surface area contributed by atoms with Crippen molar-refractivity contribution in [2.45, 2.75) is 31.6 Å². The number of carbonyl (C=O) groups is 1. The molecule has 2 aromatic rings. The quantitative estimate of drug-likeness (QED) is 0.885. The zero-order valence-electron chi connectivity index (χ0n) is 13.4. The van der Waals surface area contributed by atoms with Crippen molar-refractivity contribution in [3.8, 4) is 0 Å². The van der Waals surface area contributed by atoms with Crippen LogP contribution in [0.1, 0.15) is 37.9 Å². The van der Waals surface area contributed by atoms with Gasteiger partial charge in [0.1, 0.15) is 0 Å². The molecule has 0 atom stereocenters. The molecule has 1 amide bonds. The molecule has 0 spiro atoms. The van der Waals surface area contributed by atoms with Crippen molar-refractivity contribution in [3.63, 3.8) is 0 Å². The summed E-state index contributed by atoms with van der Waals surface area (Å²) in [6.45, 7) is 6.37. The molecule has 0 heterocycles. The number of amides is 1. The SMILES string of the molecule is CC(C)(C)SCC(=O)NC(c1ccccc1)c1ccccc1. The monoisotopic (exact) mass is 313 g/mol. The van der Waals surface area contributed by atoms with Gasteiger partial charge in [0.2, 0.25) is 5.91 Å². The van der Waals surface area contributed by atoms with E-state index in [0.29, 0.717) is 5.75 Å². The summed E-state index contributed by atoms with van der Waals surface area (Å²) in [7, 11) is 0. The van der Waals surface area contributed by atoms with Gasteiger partial charge in [-0.1, -0.05) is 81.4 Å². The molecule has 0 saturated carbocycles. The minimum absolute atomic E-state index is 0.0673. The van der Waals surface area contributed by atoms with E-state index in [9.17, 15) is 4.79 Å². The molecule has 0 aliphatic heterocycles. The smallest absolute Gasteiger partial charge is 0.230 e. The van der Waals surface area contributed by atoms with Gasteiger partial charge >= 0.3 is 0 Å². The van der Waals surface area contributed by atoms with Crippen LogP contribution in [0, 0.1) is 0 Å². The number of hydrogen-bond donors (Lipinski definition) is 1. The number of rotatable bonds is 5. The fourth-order valence-corrected chi connectivity index (χ4v) is 2.78. The van der Waals surface area contributed by atoms with Crippen LogP contribution in [0.2, 0.25) is 0 Å². The molecule has 1 N–H and O–H groups in total. The van der Waals surface area contributed by atoms with E-state index in [1.54, 1.807) is 11.8 Å². The highest BCUT2D eigenvalue weighted by molar-refractivity contribution is 8.01. The minimum atomic E-state index is -0.101. The summed E-state index contributed by atoms with van der Waals surface area (Å²) in [5.74, 6) is 0.539. The lowest BCUT2D eigenvalue weighted by Gasteiger charge is -2.22. The maximum atomic E-state index is 12.3. The Morgan fingerprint density at radius 3 is 1.82 bits per heavy atom. The number of carbonyl (C=O) groups excluding carboxylic acids is 1. The molecule has 0 unspecified atom stereocenters. The second-order valence-corrected chi connectivity index (χ2v) is 8.03. The highest BCUT2D eigenvalue weighted by Gasteiger charge is 2.18. The Balaban J connectivity index is 2.14. The van der Waals surface area contributed by atoms with Gasteiger partial charge in [0.05, 0.1) is 11.8 Å². The third-order valence-electron chi connectivity index (χ3n) is 3.21. The van der Waals surface area contributed by atoms with Crippen LogP contribution in [-0.2, 0) is 4.79 Å². The van der Waals surface area contributed by atoms with Crippen molar-refractivity contribution in [2.24, 2.45) is 0 Å². The molecular formula is C19H23NOS. The Labute approximate surface area is 137 Å². The van der Waals surface area contributed by atoms with E-state index >= 15 is 0 Å². The molecule has 2 rings (SSSR count). The molecule has 116 valence electrons. The first kappa shape index (κ1) is 16.6. The fourth-order valence-electron chi connectivity index (χ4n) is 2.13. The average molecular weight is 313 g/mol. The Bertz CT molecular complexity index is 550. The van der Waals surface area contributed by atoms with Gasteiger partial charge in [-0.05, 0) is 11.1 Å². The second kappa shape index (κ2) is 7.50. The molecule has 0 aliphatic carbocycles. The Morgan fingerprint density at radius 2 is 1.41 bits per heavy atom. The lowest BCUT2D eigenvalue weighted by Crippen LogP contribution is -2.31. The third kappa shape index (κ3) is 5.23. The van der Waals surface area contributed by atoms with Gasteiger partial charge < -0.3 is 5.32 Å². The first-order valence-electron chi connectivity index (χ1n) is 7.49. The Kier molecular flexibility index (Phi) is 5.67. The molecule has 22 heavy (non-hydrogen) atoms. The van der Waals surface area contributed by atoms with E-state index in [1.165, 1.54) is 0 Å². The van der Waals surface area contributed by atoms with Gasteiger partial charge in [-0.25, -0.2) is 0 Å². The summed E-state index contributed by atoms with van der Waals surface area (Å²) >= 11 is 1.66. The van der Waals surface area contributed by atoms with Gasteiger partial charge in [-0.2, -0.15) is 0 Å². The van der Waals surface area contributed by atoms with E-state index in [2.05, 4.69) is 50.4 Å². The van der Waals surface area contributed by atoms with Gasteiger partial charge in [0, 0.05) is 4.75 Å². The number of nitrogens with one attached hydrogen (secondary N) is 1. The van der Waals surface area contributed by atoms with E-state index < -0.39 is 0 Å². The molecule has 3 heteroatoms. The number of hydrogen-bond acceptors (Lipinski definition) is 2. The summed E-state index contributed by atoms with van der Waals surface area (Å²) in [5.41, 5.74) is 2.20. The first-order chi connectivity index (χ1) is 10.5. The largest absolute Gasteiger partial charge is 0.344 e. The van der Waals surface area contributed by atoms with Crippen molar-refractivity contribution in [2.75, 3.05) is 5.75 Å². The lowest BCUT2D eigenvalue weighted by molar-refractivity contribution is -0.119. The molecule has 0 saturated heterocycles. The van der Waals surface area contributed by atoms with Crippen molar-refractivity contribution < 1.29 is 4.79 Å². The van der Waals surface area contributed by atoms with E-state index in [-0.39, 0.29) is 16.7 Å². The number of thioether (sulfide) groups is 1. The Morgan fingerprint density at radius 1 is 0.955 bits per heavy atom. The van der Waals surface area contributed by atoms with Crippen molar-refractivity contribution in [1.82, 2.24) is 5.32 Å². The first-order valence-corrected chi connectivity index (χ1v) is 8.47. The van der Waals surface area contributed by atoms with Crippen LogP contribution in [0.15, 0.2) is 60.7 Å². The minimum Gasteiger partial charge on any atom is -0.344 e. The molecular weight excluding hydrogens is 290 g/mol. The fraction of sp³-hybridized carbons (Fsp3) is 0.316. The normalized spacial score (nSPS) is 11.5. The molecule has 0 aliphatic rings. The summed E-state index contributed by atoms with van der Waals surface area (Å²) in [4.78, 5) is 12.3. The van der Waals surface area contributed by atoms with E-state index in [1.807, 2.05) is 36.4 Å². The summed E-state index contributed by atoms with van der Waals surface area (Å²) < 4.78 is 0.0896. The van der Waals surface area contributed by atoms with Crippen LogP contribution in [0.5, 0.6) is 0 Å². The maximum Gasteiger partial charge on any atom is 0.230 e. The molecule has 0 radical (unpaired) electrons. The van der Waals surface area contributed by atoms with E-state index in [0.717, 1.165) is 11.1 Å². The van der Waals surface area contributed by atoms with Crippen LogP contribution in [0.25, 0.3) is 0 Å². The van der Waals surface area contributed by atoms with Crippen LogP contribution >= 0.6 is 11.8 Å². The standard InChI is InChI=1S/C19H23NOS/c1-19(2,3)22-14-17(21)20-18(15-10-6-4-7-11-15)16-12-8-5-9-13-16/h4-13,18H,14H2,1-3H3,(H,20,21). The van der Waals surface area contributed by atoms with Gasteiger partial charge in [-0.3, -0.25) is 4.79 Å². The molecule has 0 fully saturated rings. The van der Waals surface area contributed by atoms with E-state index in [4.69, 9.17) is 0 Å². The highest BCUT2D eigenvalue weighted by atomic mass is 32.2. The highest BCUT2D eigenvalue weighted by Crippen LogP contribution is 2.25. The van der Waals surface area contributed by atoms with Crippen LogP contribution in [-0.4, -0.2) is 16.4 Å². The van der Waals surface area contributed by atoms with Crippen molar-refractivity contribution >= 4 is 17.7 Å². The summed E-state index contributed by atoms with van der Waals surface area (Å²) in [5, 5.41) is 3.16. The summed E-state index contributed by atoms with van der Waals surface area (Å²) in [6, 6.07) is 20.1. The van der Waals surface area contributed by atoms with Crippen LogP contribution < -0.4 is 5.32 Å². The molecule has 0 aromatic heterocycles. The Hall–Kier alpha value is -1.74. The van der Waals surface area contributed by atoms with Gasteiger partial charge in [0.25, 0.3) is 0 Å². The van der Waals surface area contributed by atoms with Crippen molar-refractivity contribution in [3.05, 3.63) is 71.8 Å². The zero-order valence-corrected chi connectivity index (χ0v) is 14.2. The molecule has 0 bridgehead atoms. The van der Waals surface area contributed by atoms with Crippen molar-refractivity contribution in [1.29, 1.82) is 0 Å². The lowest BCUT2D eigenvalue weighted by atomic mass is 9.99. The maximum absolute atomic E-state index is 12.3. The molecule has 2 nitrogen and oxygen atoms in total. The molecule has 2 aromatic carbocycles. The predicted molar refractivity (Wildman–Crippen MR) is 95.1 cm³/mol. The topological polar surface area (TPSA) is 29.1 Å². The van der Waals surface area contributed by atoms with Gasteiger partial charge in [-0.15, -0.1) is 11.8 Å². The third-order valence-corrected chi connectivity index (χ3v) is 4.48. The average Bonchev–Trinajstić information content (AvgIpc) is 2.52. The van der Waals surface area contributed by atoms with Gasteiger partial charge in [0.15, 0.2) is 0 Å².